The molecule has 1 rings (SSSR count). The van der Waals surface area contributed by atoms with Gasteiger partial charge < -0.3 is 10.6 Å². The predicted octanol–water partition coefficient (Wildman–Crippen LogP) is 3.53. The lowest BCUT2D eigenvalue weighted by Gasteiger charge is -2.23. The third kappa shape index (κ3) is 5.14. The molecule has 4 heteroatoms. The van der Waals surface area contributed by atoms with Crippen molar-refractivity contribution in [1.82, 2.24) is 5.32 Å². The lowest BCUT2D eigenvalue weighted by atomic mass is 10.1. The first kappa shape index (κ1) is 12.5. The molecule has 0 unspecified atom stereocenters. The first-order chi connectivity index (χ1) is 6.87. The van der Waals surface area contributed by atoms with Crippen molar-refractivity contribution in [2.24, 2.45) is 0 Å². The minimum absolute atomic E-state index is 0.0178. The summed E-state index contributed by atoms with van der Waals surface area (Å²) in [5, 5.41) is 6.96. The van der Waals surface area contributed by atoms with Gasteiger partial charge in [-0.2, -0.15) is 0 Å². The number of hydrogen-bond donors (Lipinski definition) is 2. The molecule has 0 bridgehead atoms. The van der Waals surface area contributed by atoms with E-state index in [1.807, 2.05) is 24.3 Å². The van der Waals surface area contributed by atoms with Gasteiger partial charge in [-0.3, -0.25) is 0 Å². The molecule has 2 nitrogen and oxygen atoms in total. The van der Waals surface area contributed by atoms with Crippen LogP contribution in [0.2, 0.25) is 0 Å². The highest BCUT2D eigenvalue weighted by Gasteiger charge is 2.10. The molecule has 1 aromatic rings. The van der Waals surface area contributed by atoms with E-state index in [4.69, 9.17) is 12.2 Å². The van der Waals surface area contributed by atoms with E-state index in [0.717, 1.165) is 10.2 Å². The Morgan fingerprint density at radius 3 is 2.53 bits per heavy atom. The molecule has 0 atom stereocenters. The van der Waals surface area contributed by atoms with Gasteiger partial charge in [-0.25, -0.2) is 0 Å². The van der Waals surface area contributed by atoms with Crippen molar-refractivity contribution >= 4 is 38.9 Å². The maximum atomic E-state index is 5.19. The van der Waals surface area contributed by atoms with Crippen molar-refractivity contribution in [2.75, 3.05) is 5.32 Å². The number of hydrogen-bond acceptors (Lipinski definition) is 1. The molecule has 0 radical (unpaired) electrons. The van der Waals surface area contributed by atoms with Crippen LogP contribution in [0.5, 0.6) is 0 Å². The Bertz CT molecular complexity index is 358. The minimum Gasteiger partial charge on any atom is -0.358 e. The highest BCUT2D eigenvalue weighted by atomic mass is 79.9. The minimum atomic E-state index is -0.0178. The lowest BCUT2D eigenvalue weighted by Crippen LogP contribution is -2.42. The predicted molar refractivity (Wildman–Crippen MR) is 73.3 cm³/mol. The number of halogens is 1. The summed E-state index contributed by atoms with van der Waals surface area (Å²) in [6, 6.07) is 7.90. The molecule has 0 fully saturated rings. The van der Waals surface area contributed by atoms with Crippen LogP contribution < -0.4 is 10.6 Å². The average Bonchev–Trinajstić information content (AvgIpc) is 1.99. The molecule has 0 saturated carbocycles. The second kappa shape index (κ2) is 4.94. The fourth-order valence-electron chi connectivity index (χ4n) is 1.07. The molecule has 15 heavy (non-hydrogen) atoms. The topological polar surface area (TPSA) is 24.1 Å². The zero-order valence-corrected chi connectivity index (χ0v) is 11.5. The van der Waals surface area contributed by atoms with Crippen molar-refractivity contribution in [2.45, 2.75) is 26.3 Å². The van der Waals surface area contributed by atoms with Crippen LogP contribution in [0.1, 0.15) is 20.8 Å². The maximum absolute atomic E-state index is 5.19. The van der Waals surface area contributed by atoms with Gasteiger partial charge in [0.1, 0.15) is 0 Å². The fourth-order valence-corrected chi connectivity index (χ4v) is 1.89. The molecule has 2 N–H and O–H groups in total. The summed E-state index contributed by atoms with van der Waals surface area (Å²) in [6.45, 7) is 6.21. The summed E-state index contributed by atoms with van der Waals surface area (Å²) in [7, 11) is 0. The van der Waals surface area contributed by atoms with Gasteiger partial charge in [0.25, 0.3) is 0 Å². The Kier molecular flexibility index (Phi) is 4.11. The number of benzene rings is 1. The van der Waals surface area contributed by atoms with E-state index < -0.39 is 0 Å². The Balaban J connectivity index is 2.59. The second-order valence-electron chi connectivity index (χ2n) is 4.34. The monoisotopic (exact) mass is 286 g/mol. The first-order valence-electron chi connectivity index (χ1n) is 4.71. The van der Waals surface area contributed by atoms with E-state index in [9.17, 15) is 0 Å². The van der Waals surface area contributed by atoms with Crippen LogP contribution in [0.15, 0.2) is 28.7 Å². The summed E-state index contributed by atoms with van der Waals surface area (Å²) in [6.07, 6.45) is 0. The number of thiocarbonyl (C=S) groups is 1. The van der Waals surface area contributed by atoms with Gasteiger partial charge in [-0.1, -0.05) is 22.0 Å². The maximum Gasteiger partial charge on any atom is 0.171 e. The molecular weight excluding hydrogens is 272 g/mol. The van der Waals surface area contributed by atoms with Crippen LogP contribution in [0.4, 0.5) is 5.69 Å². The quantitative estimate of drug-likeness (QED) is 0.773. The zero-order chi connectivity index (χ0) is 11.5. The summed E-state index contributed by atoms with van der Waals surface area (Å²) in [5.74, 6) is 0. The van der Waals surface area contributed by atoms with E-state index in [1.165, 1.54) is 0 Å². The van der Waals surface area contributed by atoms with Gasteiger partial charge in [-0.15, -0.1) is 0 Å². The molecule has 0 saturated heterocycles. The average molecular weight is 287 g/mol. The van der Waals surface area contributed by atoms with Crippen molar-refractivity contribution in [3.63, 3.8) is 0 Å². The highest BCUT2D eigenvalue weighted by Crippen LogP contribution is 2.15. The molecule has 82 valence electrons. The van der Waals surface area contributed by atoms with Crippen molar-refractivity contribution < 1.29 is 0 Å². The Labute approximate surface area is 105 Å². The van der Waals surface area contributed by atoms with Gasteiger partial charge in [0.15, 0.2) is 5.11 Å². The van der Waals surface area contributed by atoms with Crippen LogP contribution in [-0.4, -0.2) is 10.7 Å². The highest BCUT2D eigenvalue weighted by molar-refractivity contribution is 9.10. The molecular formula is C11H15BrN2S. The van der Waals surface area contributed by atoms with Gasteiger partial charge in [0.2, 0.25) is 0 Å². The van der Waals surface area contributed by atoms with E-state index in [2.05, 4.69) is 47.3 Å². The summed E-state index contributed by atoms with van der Waals surface area (Å²) < 4.78 is 1.03. The Hall–Kier alpha value is -0.610. The van der Waals surface area contributed by atoms with E-state index in [0.29, 0.717) is 5.11 Å². The first-order valence-corrected chi connectivity index (χ1v) is 5.92. The SMILES string of the molecule is CC(C)(C)NC(=S)Nc1cccc(Br)c1. The summed E-state index contributed by atoms with van der Waals surface area (Å²) in [4.78, 5) is 0. The number of rotatable bonds is 1. The van der Waals surface area contributed by atoms with Gasteiger partial charge in [0, 0.05) is 15.7 Å². The van der Waals surface area contributed by atoms with E-state index in [-0.39, 0.29) is 5.54 Å². The fraction of sp³-hybridized carbons (Fsp3) is 0.364. The van der Waals surface area contributed by atoms with Crippen LogP contribution in [0.25, 0.3) is 0 Å². The molecule has 0 amide bonds. The van der Waals surface area contributed by atoms with Gasteiger partial charge >= 0.3 is 0 Å². The molecule has 0 aliphatic rings. The smallest absolute Gasteiger partial charge is 0.171 e. The van der Waals surface area contributed by atoms with E-state index >= 15 is 0 Å². The van der Waals surface area contributed by atoms with Gasteiger partial charge in [0.05, 0.1) is 0 Å². The summed E-state index contributed by atoms with van der Waals surface area (Å²) in [5.41, 5.74) is 0.960. The van der Waals surface area contributed by atoms with Crippen molar-refractivity contribution in [3.8, 4) is 0 Å². The Morgan fingerprint density at radius 2 is 2.00 bits per heavy atom. The molecule has 1 aromatic carbocycles. The third-order valence-corrected chi connectivity index (χ3v) is 2.27. The standard InChI is InChI=1S/C11H15BrN2S/c1-11(2,3)14-10(15)13-9-6-4-5-8(12)7-9/h4-7H,1-3H3,(H2,13,14,15). The number of nitrogens with one attached hydrogen (secondary N) is 2. The normalized spacial score (nSPS) is 10.9. The van der Waals surface area contributed by atoms with Crippen LogP contribution in [0, 0.1) is 0 Å². The molecule has 0 aromatic heterocycles. The third-order valence-electron chi connectivity index (χ3n) is 1.57. The molecule has 0 aliphatic carbocycles. The molecule has 0 aliphatic heterocycles. The molecule has 0 heterocycles. The van der Waals surface area contributed by atoms with Gasteiger partial charge in [-0.05, 0) is 51.2 Å². The van der Waals surface area contributed by atoms with E-state index in [1.54, 1.807) is 0 Å². The number of anilines is 1. The lowest BCUT2D eigenvalue weighted by molar-refractivity contribution is 0.515. The summed E-state index contributed by atoms with van der Waals surface area (Å²) >= 11 is 8.60. The van der Waals surface area contributed by atoms with Crippen LogP contribution in [0.3, 0.4) is 0 Å². The zero-order valence-electron chi connectivity index (χ0n) is 9.10. The van der Waals surface area contributed by atoms with Crippen LogP contribution in [-0.2, 0) is 0 Å². The van der Waals surface area contributed by atoms with Crippen LogP contribution >= 0.6 is 28.1 Å². The largest absolute Gasteiger partial charge is 0.358 e. The van der Waals surface area contributed by atoms with Crippen molar-refractivity contribution in [1.29, 1.82) is 0 Å². The Morgan fingerprint density at radius 1 is 1.33 bits per heavy atom. The van der Waals surface area contributed by atoms with Crippen molar-refractivity contribution in [3.05, 3.63) is 28.7 Å². The molecule has 0 spiro atoms. The second-order valence-corrected chi connectivity index (χ2v) is 5.66.